The van der Waals surface area contributed by atoms with Crippen LogP contribution in [0.15, 0.2) is 53.4 Å². The Morgan fingerprint density at radius 3 is 2.24 bits per heavy atom. The van der Waals surface area contributed by atoms with Crippen molar-refractivity contribution in [2.24, 2.45) is 11.1 Å². The van der Waals surface area contributed by atoms with E-state index >= 15 is 0 Å². The molecule has 9 nitrogen and oxygen atoms in total. The molecule has 1 aliphatic rings. The SMILES string of the molecule is Cc1ccccc1C(=O)N1CCC(C(=O)O[C@H](C)C(=O)Nc2ccc(S(N)(=O)=O)cc2)CC1. The molecule has 0 aliphatic carbocycles. The van der Waals surface area contributed by atoms with Crippen molar-refractivity contribution in [1.82, 2.24) is 4.90 Å². The van der Waals surface area contributed by atoms with Crippen LogP contribution in [0.4, 0.5) is 5.69 Å². The van der Waals surface area contributed by atoms with Gasteiger partial charge >= 0.3 is 5.97 Å². The topological polar surface area (TPSA) is 136 Å². The van der Waals surface area contributed by atoms with E-state index in [1.807, 2.05) is 25.1 Å². The lowest BCUT2D eigenvalue weighted by molar-refractivity contribution is -0.158. The smallest absolute Gasteiger partial charge is 0.309 e. The Bertz CT molecular complexity index is 1140. The minimum atomic E-state index is -3.83. The zero-order chi connectivity index (χ0) is 24.2. The van der Waals surface area contributed by atoms with Crippen molar-refractivity contribution in [3.63, 3.8) is 0 Å². The van der Waals surface area contributed by atoms with Gasteiger partial charge in [-0.25, -0.2) is 13.6 Å². The summed E-state index contributed by atoms with van der Waals surface area (Å²) in [6.45, 7) is 4.22. The minimum absolute atomic E-state index is 0.0545. The number of carbonyl (C=O) groups excluding carboxylic acids is 3. The highest BCUT2D eigenvalue weighted by molar-refractivity contribution is 7.89. The van der Waals surface area contributed by atoms with Crippen LogP contribution in [-0.4, -0.2) is 50.3 Å². The first-order valence-electron chi connectivity index (χ1n) is 10.6. The van der Waals surface area contributed by atoms with Crippen LogP contribution in [0, 0.1) is 12.8 Å². The second kappa shape index (κ2) is 10.1. The molecule has 0 unspecified atom stereocenters. The fraction of sp³-hybridized carbons (Fsp3) is 0.348. The van der Waals surface area contributed by atoms with Crippen LogP contribution in [-0.2, 0) is 24.3 Å². The number of ether oxygens (including phenoxy) is 1. The van der Waals surface area contributed by atoms with Crippen LogP contribution < -0.4 is 10.5 Å². The zero-order valence-electron chi connectivity index (χ0n) is 18.5. The Balaban J connectivity index is 1.49. The van der Waals surface area contributed by atoms with Crippen LogP contribution in [0.2, 0.25) is 0 Å². The molecule has 2 aromatic carbocycles. The zero-order valence-corrected chi connectivity index (χ0v) is 19.3. The van der Waals surface area contributed by atoms with Gasteiger partial charge in [-0.1, -0.05) is 18.2 Å². The number of primary sulfonamides is 1. The molecule has 0 saturated carbocycles. The number of nitrogens with one attached hydrogen (secondary N) is 1. The van der Waals surface area contributed by atoms with E-state index in [4.69, 9.17) is 9.88 Å². The largest absolute Gasteiger partial charge is 0.452 e. The molecule has 2 aromatic rings. The maximum Gasteiger partial charge on any atom is 0.309 e. The van der Waals surface area contributed by atoms with Gasteiger partial charge in [0, 0.05) is 24.3 Å². The number of piperidine rings is 1. The van der Waals surface area contributed by atoms with E-state index < -0.39 is 33.9 Å². The summed E-state index contributed by atoms with van der Waals surface area (Å²) in [4.78, 5) is 39.3. The summed E-state index contributed by atoms with van der Waals surface area (Å²) in [6.07, 6.45) is -0.123. The number of carbonyl (C=O) groups is 3. The standard InChI is InChI=1S/C23H27N3O6S/c1-15-5-3-4-6-20(15)22(28)26-13-11-17(12-14-26)23(29)32-16(2)21(27)25-18-7-9-19(10-8-18)33(24,30)31/h3-10,16-17H,11-14H2,1-2H3,(H,25,27)(H2,24,30,31)/t16-/m1/s1. The predicted octanol–water partition coefficient (Wildman–Crippen LogP) is 2.07. The number of esters is 1. The monoisotopic (exact) mass is 473 g/mol. The van der Waals surface area contributed by atoms with Crippen LogP contribution in [0.25, 0.3) is 0 Å². The first-order valence-corrected chi connectivity index (χ1v) is 12.1. The van der Waals surface area contributed by atoms with Gasteiger partial charge in [0.2, 0.25) is 10.0 Å². The van der Waals surface area contributed by atoms with Crippen LogP contribution >= 0.6 is 0 Å². The molecule has 0 spiro atoms. The van der Waals surface area contributed by atoms with Crippen molar-refractivity contribution in [1.29, 1.82) is 0 Å². The Morgan fingerprint density at radius 1 is 1.06 bits per heavy atom. The van der Waals surface area contributed by atoms with Crippen LogP contribution in [0.1, 0.15) is 35.7 Å². The Hall–Kier alpha value is -3.24. The summed E-state index contributed by atoms with van der Waals surface area (Å²) in [6, 6.07) is 12.7. The van der Waals surface area contributed by atoms with E-state index in [0.29, 0.717) is 37.2 Å². The number of aryl methyl sites for hydroxylation is 1. The Labute approximate surface area is 193 Å². The van der Waals surface area contributed by atoms with Gasteiger partial charge in [0.25, 0.3) is 11.8 Å². The third-order valence-corrected chi connectivity index (χ3v) is 6.53. The second-order valence-electron chi connectivity index (χ2n) is 8.02. The van der Waals surface area contributed by atoms with E-state index in [-0.39, 0.29) is 10.8 Å². The minimum Gasteiger partial charge on any atom is -0.452 e. The number of rotatable bonds is 6. The average molecular weight is 474 g/mol. The number of hydrogen-bond acceptors (Lipinski definition) is 6. The molecule has 3 rings (SSSR count). The van der Waals surface area contributed by atoms with Gasteiger partial charge in [0.15, 0.2) is 6.10 Å². The summed E-state index contributed by atoms with van der Waals surface area (Å²) in [7, 11) is -3.83. The van der Waals surface area contributed by atoms with Crippen LogP contribution in [0.5, 0.6) is 0 Å². The first kappa shape index (κ1) is 24.4. The first-order chi connectivity index (χ1) is 15.6. The number of amides is 2. The summed E-state index contributed by atoms with van der Waals surface area (Å²) in [5.74, 6) is -1.47. The number of nitrogens with zero attached hydrogens (tertiary/aromatic N) is 1. The average Bonchev–Trinajstić information content (AvgIpc) is 2.78. The molecular weight excluding hydrogens is 446 g/mol. The molecule has 33 heavy (non-hydrogen) atoms. The lowest BCUT2D eigenvalue weighted by atomic mass is 9.96. The molecule has 1 heterocycles. The van der Waals surface area contributed by atoms with Crippen LogP contribution in [0.3, 0.4) is 0 Å². The maximum atomic E-state index is 12.7. The van der Waals surface area contributed by atoms with Gasteiger partial charge in [-0.15, -0.1) is 0 Å². The van der Waals surface area contributed by atoms with Crippen molar-refractivity contribution >= 4 is 33.5 Å². The third-order valence-electron chi connectivity index (χ3n) is 5.60. The second-order valence-corrected chi connectivity index (χ2v) is 9.58. The number of sulfonamides is 1. The van der Waals surface area contributed by atoms with Gasteiger partial charge in [0.05, 0.1) is 10.8 Å². The molecule has 10 heteroatoms. The summed E-state index contributed by atoms with van der Waals surface area (Å²) in [5, 5.41) is 7.62. The van der Waals surface area contributed by atoms with Gasteiger partial charge < -0.3 is 15.0 Å². The fourth-order valence-corrected chi connectivity index (χ4v) is 4.11. The lowest BCUT2D eigenvalue weighted by Gasteiger charge is -2.31. The Morgan fingerprint density at radius 2 is 1.67 bits per heavy atom. The molecule has 1 aliphatic heterocycles. The quantitative estimate of drug-likeness (QED) is 0.617. The van der Waals surface area contributed by atoms with E-state index in [1.54, 1.807) is 11.0 Å². The number of anilines is 1. The number of nitrogens with two attached hydrogens (primary N) is 1. The predicted molar refractivity (Wildman–Crippen MR) is 122 cm³/mol. The highest BCUT2D eigenvalue weighted by Gasteiger charge is 2.31. The van der Waals surface area contributed by atoms with Crippen molar-refractivity contribution in [3.05, 3.63) is 59.7 Å². The van der Waals surface area contributed by atoms with Crippen molar-refractivity contribution < 1.29 is 27.5 Å². The molecule has 0 radical (unpaired) electrons. The lowest BCUT2D eigenvalue weighted by Crippen LogP contribution is -2.42. The summed E-state index contributed by atoms with van der Waals surface area (Å²) < 4.78 is 27.9. The molecule has 2 amide bonds. The Kier molecular flexibility index (Phi) is 7.50. The highest BCUT2D eigenvalue weighted by atomic mass is 32.2. The van der Waals surface area contributed by atoms with E-state index in [9.17, 15) is 22.8 Å². The number of hydrogen-bond donors (Lipinski definition) is 2. The molecule has 176 valence electrons. The molecule has 0 bridgehead atoms. The number of likely N-dealkylation sites (tertiary alicyclic amines) is 1. The molecule has 1 atom stereocenters. The summed E-state index contributed by atoms with van der Waals surface area (Å²) >= 11 is 0. The third kappa shape index (κ3) is 6.17. The van der Waals surface area contributed by atoms with Gasteiger partial charge in [-0.2, -0.15) is 0 Å². The molecule has 3 N–H and O–H groups in total. The van der Waals surface area contributed by atoms with E-state index in [2.05, 4.69) is 5.32 Å². The van der Waals surface area contributed by atoms with Crippen molar-refractivity contribution in [2.45, 2.75) is 37.7 Å². The molecular formula is C23H27N3O6S. The maximum absolute atomic E-state index is 12.7. The van der Waals surface area contributed by atoms with Gasteiger partial charge in [-0.05, 0) is 62.6 Å². The van der Waals surface area contributed by atoms with Gasteiger partial charge in [0.1, 0.15) is 0 Å². The van der Waals surface area contributed by atoms with E-state index in [1.165, 1.54) is 31.2 Å². The van der Waals surface area contributed by atoms with Crippen molar-refractivity contribution in [3.8, 4) is 0 Å². The molecule has 1 saturated heterocycles. The molecule has 0 aromatic heterocycles. The van der Waals surface area contributed by atoms with Gasteiger partial charge in [-0.3, -0.25) is 14.4 Å². The summed E-state index contributed by atoms with van der Waals surface area (Å²) in [5.41, 5.74) is 1.91. The van der Waals surface area contributed by atoms with Crippen molar-refractivity contribution in [2.75, 3.05) is 18.4 Å². The fourth-order valence-electron chi connectivity index (χ4n) is 3.60. The van der Waals surface area contributed by atoms with E-state index in [0.717, 1.165) is 5.56 Å². The normalized spacial score (nSPS) is 15.5. The highest BCUT2D eigenvalue weighted by Crippen LogP contribution is 2.22. The number of benzene rings is 2. The molecule has 1 fully saturated rings.